The lowest BCUT2D eigenvalue weighted by Crippen LogP contribution is -2.40. The van der Waals surface area contributed by atoms with Crippen LogP contribution in [0.15, 0.2) is 52.4 Å². The van der Waals surface area contributed by atoms with Crippen molar-refractivity contribution in [2.75, 3.05) is 27.3 Å². The number of nitrogens with zero attached hydrogens (tertiary/aromatic N) is 4. The molecule has 0 atom stereocenters. The summed E-state index contributed by atoms with van der Waals surface area (Å²) in [5, 5.41) is 11.2. The Hall–Kier alpha value is -3.62. The van der Waals surface area contributed by atoms with Gasteiger partial charge in [-0.3, -0.25) is 19.7 Å². The van der Waals surface area contributed by atoms with E-state index < -0.39 is 32.7 Å². The molecule has 2 heterocycles. The minimum atomic E-state index is -3.72. The van der Waals surface area contributed by atoms with Gasteiger partial charge in [0.05, 0.1) is 34.3 Å². The number of piperidine rings is 1. The molecule has 4 rings (SSSR count). The van der Waals surface area contributed by atoms with Crippen LogP contribution in [0.4, 0.5) is 5.69 Å². The van der Waals surface area contributed by atoms with E-state index in [1.807, 2.05) is 0 Å². The third-order valence-electron chi connectivity index (χ3n) is 6.10. The topological polar surface area (TPSA) is 150 Å². The van der Waals surface area contributed by atoms with Crippen LogP contribution in [0.5, 0.6) is 5.75 Å². The van der Waals surface area contributed by atoms with Crippen LogP contribution in [0.2, 0.25) is 0 Å². The molecular formula is C23H24N4O8S2. The van der Waals surface area contributed by atoms with E-state index in [1.54, 1.807) is 12.1 Å². The number of aromatic nitrogens is 1. The Kier molecular flexibility index (Phi) is 7.71. The number of sulfonamides is 1. The third-order valence-corrected chi connectivity index (χ3v) is 9.07. The number of methoxy groups -OCH3 is 2. The summed E-state index contributed by atoms with van der Waals surface area (Å²) in [7, 11) is -1.01. The predicted octanol–water partition coefficient (Wildman–Crippen LogP) is 2.32. The van der Waals surface area contributed by atoms with E-state index in [-0.39, 0.29) is 47.9 Å². The minimum absolute atomic E-state index is 0.144. The smallest absolute Gasteiger partial charge is 0.325 e. The normalized spacial score (nSPS) is 15.6. The van der Waals surface area contributed by atoms with E-state index in [0.29, 0.717) is 16.0 Å². The van der Waals surface area contributed by atoms with Crippen LogP contribution in [-0.4, -0.2) is 61.4 Å². The van der Waals surface area contributed by atoms with Crippen LogP contribution in [-0.2, 0) is 30.9 Å². The lowest BCUT2D eigenvalue weighted by molar-refractivity contribution is -0.384. The Balaban J connectivity index is 1.56. The van der Waals surface area contributed by atoms with Crippen molar-refractivity contribution in [3.8, 4) is 5.75 Å². The number of rotatable bonds is 7. The zero-order chi connectivity index (χ0) is 26.7. The molecule has 196 valence electrons. The highest BCUT2D eigenvalue weighted by atomic mass is 32.2. The van der Waals surface area contributed by atoms with Crippen molar-refractivity contribution >= 4 is 49.1 Å². The predicted molar refractivity (Wildman–Crippen MR) is 134 cm³/mol. The average Bonchev–Trinajstić information content (AvgIpc) is 3.24. The summed E-state index contributed by atoms with van der Waals surface area (Å²) < 4.78 is 39.2. The van der Waals surface area contributed by atoms with Crippen LogP contribution in [0.3, 0.4) is 0 Å². The largest absolute Gasteiger partial charge is 0.497 e. The number of non-ortho nitro benzene ring substituents is 1. The maximum Gasteiger partial charge on any atom is 0.325 e. The van der Waals surface area contributed by atoms with Crippen molar-refractivity contribution < 1.29 is 32.4 Å². The first-order chi connectivity index (χ1) is 17.6. The van der Waals surface area contributed by atoms with Gasteiger partial charge in [-0.2, -0.15) is 9.30 Å². The molecule has 0 N–H and O–H groups in total. The van der Waals surface area contributed by atoms with Gasteiger partial charge in [0.1, 0.15) is 12.3 Å². The second-order valence-corrected chi connectivity index (χ2v) is 11.2. The fourth-order valence-electron chi connectivity index (χ4n) is 4.03. The second-order valence-electron chi connectivity index (χ2n) is 8.26. The molecule has 1 aliphatic rings. The summed E-state index contributed by atoms with van der Waals surface area (Å²) in [6, 6.07) is 10.3. The van der Waals surface area contributed by atoms with Crippen LogP contribution in [0.25, 0.3) is 10.2 Å². The number of nitro benzene ring substituents is 1. The van der Waals surface area contributed by atoms with Crippen molar-refractivity contribution in [3.63, 3.8) is 0 Å². The fraction of sp³-hybridized carbons (Fsp3) is 0.348. The first-order valence-corrected chi connectivity index (χ1v) is 13.5. The molecule has 1 aliphatic heterocycles. The number of thiazole rings is 1. The summed E-state index contributed by atoms with van der Waals surface area (Å²) >= 11 is 1.12. The molecule has 12 nitrogen and oxygen atoms in total. The van der Waals surface area contributed by atoms with Gasteiger partial charge in [0, 0.05) is 31.1 Å². The first-order valence-electron chi connectivity index (χ1n) is 11.2. The number of ether oxygens (including phenoxy) is 2. The molecule has 0 spiro atoms. The van der Waals surface area contributed by atoms with Crippen molar-refractivity contribution in [1.29, 1.82) is 0 Å². The second kappa shape index (κ2) is 10.8. The van der Waals surface area contributed by atoms with Gasteiger partial charge in [0.2, 0.25) is 10.0 Å². The van der Waals surface area contributed by atoms with Crippen LogP contribution < -0.4 is 9.54 Å². The molecule has 2 aromatic carbocycles. The molecule has 0 bridgehead atoms. The number of fused-ring (bicyclic) bond motifs is 1. The van der Waals surface area contributed by atoms with E-state index in [9.17, 15) is 28.1 Å². The van der Waals surface area contributed by atoms with Gasteiger partial charge >= 0.3 is 5.97 Å². The number of carbonyl (C=O) groups excluding carboxylic acids is 2. The van der Waals surface area contributed by atoms with E-state index >= 15 is 0 Å². The van der Waals surface area contributed by atoms with Gasteiger partial charge in [-0.05, 0) is 43.2 Å². The Morgan fingerprint density at radius 3 is 2.41 bits per heavy atom. The highest BCUT2D eigenvalue weighted by Gasteiger charge is 2.32. The highest BCUT2D eigenvalue weighted by molar-refractivity contribution is 7.89. The molecule has 1 amide bonds. The quantitative estimate of drug-likeness (QED) is 0.248. The minimum Gasteiger partial charge on any atom is -0.497 e. The van der Waals surface area contributed by atoms with Crippen LogP contribution in [0.1, 0.15) is 12.8 Å². The molecule has 37 heavy (non-hydrogen) atoms. The third kappa shape index (κ3) is 5.55. The molecule has 1 aromatic heterocycles. The van der Waals surface area contributed by atoms with Crippen molar-refractivity contribution in [3.05, 3.63) is 57.4 Å². The number of nitro groups is 1. The fourth-order valence-corrected chi connectivity index (χ4v) is 6.51. The Morgan fingerprint density at radius 1 is 1.14 bits per heavy atom. The number of esters is 1. The standard InChI is InChI=1S/C23H24N4O8S2/c1-34-17-4-6-18(7-5-17)37(32,33)25-11-9-15(10-12-25)22(29)24-23-26(14-21(28)35-2)19-13-16(27(30)31)3-8-20(19)36-23/h3-8,13,15H,9-12,14H2,1-2H3. The zero-order valence-corrected chi connectivity index (χ0v) is 21.7. The summed E-state index contributed by atoms with van der Waals surface area (Å²) in [5.41, 5.74) is 0.226. The first kappa shape index (κ1) is 26.4. The van der Waals surface area contributed by atoms with E-state index in [4.69, 9.17) is 9.47 Å². The van der Waals surface area contributed by atoms with E-state index in [0.717, 1.165) is 11.3 Å². The molecule has 0 aliphatic carbocycles. The lowest BCUT2D eigenvalue weighted by atomic mass is 9.98. The van der Waals surface area contributed by atoms with Gasteiger partial charge in [0.25, 0.3) is 11.6 Å². The number of amides is 1. The van der Waals surface area contributed by atoms with Crippen LogP contribution >= 0.6 is 11.3 Å². The molecule has 1 fully saturated rings. The molecule has 1 saturated heterocycles. The number of carbonyl (C=O) groups is 2. The number of hydrogen-bond acceptors (Lipinski definition) is 9. The monoisotopic (exact) mass is 548 g/mol. The van der Waals surface area contributed by atoms with Crippen molar-refractivity contribution in [2.45, 2.75) is 24.3 Å². The molecule has 14 heteroatoms. The summed E-state index contributed by atoms with van der Waals surface area (Å²) in [4.78, 5) is 40.3. The number of benzene rings is 2. The SMILES string of the molecule is COC(=O)Cn1c(=NC(=O)C2CCN(S(=O)(=O)c3ccc(OC)cc3)CC2)sc2ccc([N+](=O)[O-])cc21. The van der Waals surface area contributed by atoms with Gasteiger partial charge < -0.3 is 14.0 Å². The number of hydrogen-bond donors (Lipinski definition) is 0. The Labute approximate surface area is 216 Å². The van der Waals surface area contributed by atoms with Gasteiger partial charge in [-0.1, -0.05) is 11.3 Å². The van der Waals surface area contributed by atoms with Gasteiger partial charge in [-0.25, -0.2) is 8.42 Å². The van der Waals surface area contributed by atoms with Gasteiger partial charge in [-0.15, -0.1) is 0 Å². The lowest BCUT2D eigenvalue weighted by Gasteiger charge is -2.29. The summed E-state index contributed by atoms with van der Waals surface area (Å²) in [6.07, 6.45) is 0.566. The van der Waals surface area contributed by atoms with Gasteiger partial charge in [0.15, 0.2) is 4.80 Å². The zero-order valence-electron chi connectivity index (χ0n) is 20.0. The maximum atomic E-state index is 13.0. The molecule has 3 aromatic rings. The molecule has 0 saturated carbocycles. The maximum absolute atomic E-state index is 13.0. The van der Waals surface area contributed by atoms with Crippen molar-refractivity contribution in [1.82, 2.24) is 8.87 Å². The molecular weight excluding hydrogens is 524 g/mol. The average molecular weight is 549 g/mol. The van der Waals surface area contributed by atoms with E-state index in [1.165, 1.54) is 53.4 Å². The summed E-state index contributed by atoms with van der Waals surface area (Å²) in [6.45, 7) is 0.0322. The Bertz CT molecular complexity index is 1520. The molecule has 0 radical (unpaired) electrons. The van der Waals surface area contributed by atoms with Crippen molar-refractivity contribution in [2.24, 2.45) is 10.9 Å². The summed E-state index contributed by atoms with van der Waals surface area (Å²) in [5.74, 6) is -1.00. The van der Waals surface area contributed by atoms with Crippen LogP contribution in [0, 0.1) is 16.0 Å². The molecule has 0 unspecified atom stereocenters. The van der Waals surface area contributed by atoms with E-state index in [2.05, 4.69) is 4.99 Å². The highest BCUT2D eigenvalue weighted by Crippen LogP contribution is 2.27. The Morgan fingerprint density at radius 2 is 1.81 bits per heavy atom.